The molecular weight excluding hydrogens is 613 g/mol. The first-order valence-corrected chi connectivity index (χ1v) is 23.7. The second-order valence-corrected chi connectivity index (χ2v) is 21.1. The third-order valence-electron chi connectivity index (χ3n) is 16.6. The summed E-state index contributed by atoms with van der Waals surface area (Å²) in [5, 5.41) is 0. The maximum absolute atomic E-state index is 2.49. The van der Waals surface area contributed by atoms with Gasteiger partial charge in [-0.05, 0) is 112 Å². The topological polar surface area (TPSA) is 0 Å². The molecule has 0 radical (unpaired) electrons. The van der Waals surface area contributed by atoms with E-state index in [9.17, 15) is 0 Å². The van der Waals surface area contributed by atoms with Crippen LogP contribution in [0.3, 0.4) is 0 Å². The van der Waals surface area contributed by atoms with Crippen LogP contribution in [0.25, 0.3) is 0 Å². The van der Waals surface area contributed by atoms with Crippen LogP contribution in [0.1, 0.15) is 236 Å². The van der Waals surface area contributed by atoms with Crippen molar-refractivity contribution in [3.05, 3.63) is 0 Å². The second-order valence-electron chi connectivity index (χ2n) is 21.1. The van der Waals surface area contributed by atoms with Crippen molar-refractivity contribution >= 4 is 0 Å². The zero-order chi connectivity index (χ0) is 40.1. The summed E-state index contributed by atoms with van der Waals surface area (Å²) in [7, 11) is 0. The molecule has 0 amide bonds. The van der Waals surface area contributed by atoms with Crippen LogP contribution in [0.15, 0.2) is 0 Å². The third kappa shape index (κ3) is 12.0. The molecule has 8 unspecified atom stereocenters. The fraction of sp³-hybridized carbons (Fsp3) is 1.00. The Balaban J connectivity index is 0.000000770. The van der Waals surface area contributed by atoms with Gasteiger partial charge in [0.2, 0.25) is 0 Å². The van der Waals surface area contributed by atoms with Crippen molar-refractivity contribution < 1.29 is 0 Å². The highest BCUT2D eigenvalue weighted by molar-refractivity contribution is 5.00. The van der Waals surface area contributed by atoms with Crippen molar-refractivity contribution in [2.45, 2.75) is 236 Å². The largest absolute Gasteiger partial charge is 0.0651 e. The van der Waals surface area contributed by atoms with E-state index >= 15 is 0 Å². The van der Waals surface area contributed by atoms with E-state index in [0.29, 0.717) is 21.7 Å². The van der Waals surface area contributed by atoms with E-state index in [2.05, 4.69) is 152 Å². The van der Waals surface area contributed by atoms with Gasteiger partial charge in [0.1, 0.15) is 0 Å². The van der Waals surface area contributed by atoms with Crippen molar-refractivity contribution in [2.24, 2.45) is 92.7 Å². The van der Waals surface area contributed by atoms with Crippen molar-refractivity contribution in [2.75, 3.05) is 0 Å². The van der Waals surface area contributed by atoms with Gasteiger partial charge in [-0.1, -0.05) is 217 Å². The second kappa shape index (κ2) is 22.5. The lowest BCUT2D eigenvalue weighted by atomic mass is 9.49. The Kier molecular flexibility index (Phi) is 22.5. The summed E-state index contributed by atoms with van der Waals surface area (Å²) in [4.78, 5) is 0. The minimum atomic E-state index is 0.459. The Morgan fingerprint density at radius 1 is 0.255 bits per heavy atom. The molecule has 0 nitrogen and oxygen atoms in total. The minimum Gasteiger partial charge on any atom is -0.0651 e. The van der Waals surface area contributed by atoms with Crippen LogP contribution >= 0.6 is 0 Å². The zero-order valence-electron chi connectivity index (χ0n) is 40.1. The fourth-order valence-corrected chi connectivity index (χ4v) is 14.4. The maximum Gasteiger partial charge on any atom is -0.0257 e. The normalized spacial score (nSPS) is 33.5. The highest BCUT2D eigenvalue weighted by Crippen LogP contribution is 2.58. The van der Waals surface area contributed by atoms with Crippen LogP contribution in [0.4, 0.5) is 0 Å². The molecule has 2 fully saturated rings. The molecule has 0 aromatic carbocycles. The van der Waals surface area contributed by atoms with Gasteiger partial charge < -0.3 is 0 Å². The average Bonchev–Trinajstić information content (AvgIpc) is 3.08. The van der Waals surface area contributed by atoms with E-state index in [1.165, 1.54) is 83.5 Å². The predicted octanol–water partition coefficient (Wildman–Crippen LogP) is 17.8. The van der Waals surface area contributed by atoms with E-state index < -0.39 is 0 Å². The van der Waals surface area contributed by atoms with E-state index in [0.717, 1.165) is 71.0 Å². The van der Waals surface area contributed by atoms with E-state index in [-0.39, 0.29) is 0 Å². The molecule has 2 aliphatic carbocycles. The Morgan fingerprint density at radius 3 is 0.490 bits per heavy atom. The minimum absolute atomic E-state index is 0.459. The Labute approximate surface area is 327 Å². The van der Waals surface area contributed by atoms with Gasteiger partial charge in [0.05, 0.1) is 0 Å². The monoisotopic (exact) mass is 717 g/mol. The molecule has 0 aliphatic heterocycles. The molecule has 8 atom stereocenters. The van der Waals surface area contributed by atoms with E-state index in [1.54, 1.807) is 0 Å². The molecule has 0 aromatic rings. The molecular formula is C51H104. The molecule has 2 rings (SSSR count). The van der Waals surface area contributed by atoms with Gasteiger partial charge in [-0.2, -0.15) is 0 Å². The SMILES string of the molecule is CCC(CC)(CC)C(C)(C)C.CCC1C(CC)C(CC)C(C(C)(C)C)C(CC)C1CC.CCC1C(CC)C(CC)C(C(C)(C)C)C(CC)C1CC. The van der Waals surface area contributed by atoms with Crippen molar-refractivity contribution in [1.29, 1.82) is 0 Å². The predicted molar refractivity (Wildman–Crippen MR) is 236 cm³/mol. The van der Waals surface area contributed by atoms with Gasteiger partial charge in [-0.25, -0.2) is 0 Å². The standard InChI is InChI=1S/2C20H40.C11H24/c2*1-9-14-15(10-2)17(12-4)19(20(6,7)8)18(13-5)16(14)11-3;1-7-11(8-2,9-3)10(4,5)6/h2*14-19H,9-13H2,1-8H3;7-9H2,1-6H3. The van der Waals surface area contributed by atoms with Gasteiger partial charge in [-0.3, -0.25) is 0 Å². The number of rotatable bonds is 13. The lowest BCUT2D eigenvalue weighted by Gasteiger charge is -2.56. The molecule has 0 saturated heterocycles. The zero-order valence-corrected chi connectivity index (χ0v) is 40.1. The first-order chi connectivity index (χ1) is 23.7. The molecule has 0 bridgehead atoms. The molecule has 2 saturated carbocycles. The summed E-state index contributed by atoms with van der Waals surface area (Å²) >= 11 is 0. The number of hydrogen-bond donors (Lipinski definition) is 0. The molecule has 0 N–H and O–H groups in total. The van der Waals surface area contributed by atoms with Gasteiger partial charge in [0.25, 0.3) is 0 Å². The van der Waals surface area contributed by atoms with Gasteiger partial charge in [0.15, 0.2) is 0 Å². The molecule has 51 heavy (non-hydrogen) atoms. The highest BCUT2D eigenvalue weighted by atomic mass is 14.6. The van der Waals surface area contributed by atoms with Crippen LogP contribution in [-0.4, -0.2) is 0 Å². The molecule has 0 aromatic heterocycles. The lowest BCUT2D eigenvalue weighted by Crippen LogP contribution is -2.50. The Hall–Kier alpha value is 0. The quantitative estimate of drug-likeness (QED) is 0.178. The van der Waals surface area contributed by atoms with Crippen molar-refractivity contribution in [3.63, 3.8) is 0 Å². The summed E-state index contributed by atoms with van der Waals surface area (Å²) in [6, 6.07) is 0. The number of hydrogen-bond acceptors (Lipinski definition) is 0. The van der Waals surface area contributed by atoms with Crippen LogP contribution in [-0.2, 0) is 0 Å². The van der Waals surface area contributed by atoms with Gasteiger partial charge in [0, 0.05) is 0 Å². The van der Waals surface area contributed by atoms with E-state index in [1.807, 2.05) is 0 Å². The van der Waals surface area contributed by atoms with Crippen molar-refractivity contribution in [3.8, 4) is 0 Å². The Bertz CT molecular complexity index is 763. The van der Waals surface area contributed by atoms with Crippen LogP contribution < -0.4 is 0 Å². The highest BCUT2D eigenvalue weighted by Gasteiger charge is 2.51. The lowest BCUT2D eigenvalue weighted by molar-refractivity contribution is -0.0763. The summed E-state index contributed by atoms with van der Waals surface area (Å²) in [5.74, 6) is 11.4. The van der Waals surface area contributed by atoms with E-state index in [4.69, 9.17) is 0 Å². The summed E-state index contributed by atoms with van der Waals surface area (Å²) in [6.45, 7) is 53.4. The molecule has 0 spiro atoms. The molecule has 2 aliphatic rings. The van der Waals surface area contributed by atoms with Crippen LogP contribution in [0, 0.1) is 92.7 Å². The van der Waals surface area contributed by atoms with Gasteiger partial charge >= 0.3 is 0 Å². The average molecular weight is 717 g/mol. The Morgan fingerprint density at radius 2 is 0.412 bits per heavy atom. The van der Waals surface area contributed by atoms with Gasteiger partial charge in [-0.15, -0.1) is 0 Å². The first kappa shape index (κ1) is 51.0. The summed E-state index contributed by atoms with van der Waals surface area (Å²) in [5.41, 5.74) is 1.94. The summed E-state index contributed by atoms with van der Waals surface area (Å²) in [6.07, 6.45) is 17.8. The summed E-state index contributed by atoms with van der Waals surface area (Å²) < 4.78 is 0. The maximum atomic E-state index is 2.49. The van der Waals surface area contributed by atoms with Crippen LogP contribution in [0.5, 0.6) is 0 Å². The first-order valence-electron chi connectivity index (χ1n) is 23.7. The molecule has 0 heteroatoms. The molecule has 0 heterocycles. The molecule has 308 valence electrons. The fourth-order valence-electron chi connectivity index (χ4n) is 14.4. The van der Waals surface area contributed by atoms with Crippen molar-refractivity contribution in [1.82, 2.24) is 0 Å². The third-order valence-corrected chi connectivity index (χ3v) is 16.6. The smallest absolute Gasteiger partial charge is 0.0257 e. The van der Waals surface area contributed by atoms with Crippen LogP contribution in [0.2, 0.25) is 0 Å².